The number of ether oxygens (including phenoxy) is 4. The summed E-state index contributed by atoms with van der Waals surface area (Å²) in [6, 6.07) is 0. The first-order chi connectivity index (χ1) is 49.9. The van der Waals surface area contributed by atoms with E-state index in [1.807, 2.05) is 6.08 Å². The minimum Gasteiger partial charge on any atom is -0.457 e. The quantitative estimate of drug-likeness (QED) is 0.0169. The first-order valence-electron chi connectivity index (χ1n) is 40.4. The molecule has 0 rings (SSSR count). The van der Waals surface area contributed by atoms with Crippen LogP contribution in [0.5, 0.6) is 0 Å². The Bertz CT molecular complexity index is 2240. The van der Waals surface area contributed by atoms with Gasteiger partial charge in [0.05, 0.1) is 39.6 Å². The molecule has 17 nitrogen and oxygen atoms in total. The van der Waals surface area contributed by atoms with E-state index in [9.17, 15) is 43.2 Å². The van der Waals surface area contributed by atoms with E-state index in [1.54, 1.807) is 0 Å². The Balaban J connectivity index is 5.28. The molecule has 0 heterocycles. The maximum Gasteiger partial charge on any atom is 0.472 e. The molecule has 0 spiro atoms. The van der Waals surface area contributed by atoms with Crippen molar-refractivity contribution < 1.29 is 80.2 Å². The minimum atomic E-state index is -4.88. The van der Waals surface area contributed by atoms with Gasteiger partial charge in [0.15, 0.2) is 0 Å². The second-order valence-corrected chi connectivity index (χ2v) is 29.8. The molecule has 0 aromatic heterocycles. The molecule has 590 valence electrons. The van der Waals surface area contributed by atoms with Crippen molar-refractivity contribution in [3.8, 4) is 0 Å². The molecular formula is C83H146O17P2. The van der Waals surface area contributed by atoms with Crippen LogP contribution >= 0.6 is 15.6 Å². The number of esters is 2. The molecule has 0 fully saturated rings. The number of carbonyl (C=O) groups is 4. The monoisotopic (exact) mass is 1480 g/mol. The van der Waals surface area contributed by atoms with Crippen LogP contribution < -0.4 is 0 Å². The van der Waals surface area contributed by atoms with Crippen molar-refractivity contribution in [1.82, 2.24) is 0 Å². The number of allylic oxidation sites excluding steroid dienone is 16. The number of phosphoric acid groups is 2. The smallest absolute Gasteiger partial charge is 0.457 e. The van der Waals surface area contributed by atoms with E-state index < -0.39 is 72.3 Å². The fourth-order valence-electron chi connectivity index (χ4n) is 10.9. The number of carbonyl (C=O) groups excluding carboxylic acids is 4. The standard InChI is InChI=1S/C83H146O17P2/c1-3-5-7-9-11-13-15-17-19-20-26-32-38-44-50-56-62-68-83(88)100-81(76-94-72-66-60-54-48-42-36-30-24-22-28-34-40-46-52-58-64-70-85)78-98-102(91,92)96-74-79(86)73-95-101(89,90)97-77-80(99-82(87)67-61-55-49-43-37-31-25-18-16-14-12-10-8-6-4-2)75-93-71-65-59-53-47-41-35-29-23-21-27-33-39-45-51-57-63-69-84/h11-14,17-19,21-22,25-28,32,44,50,69-70,79-81,86H,3-10,15-16,20,23-24,29-31,33-43,45-49,51-68,71-78H2,1-2H3,(H,89,90)(H,91,92)/b13-11-,14-12-,19-17-,25-18-,27-21-,28-22-,32-26-,50-44-/t79-,80+,81+/m0/s1. The number of aliphatic hydroxyl groups excluding tert-OH is 1. The van der Waals surface area contributed by atoms with Crippen LogP contribution in [0.3, 0.4) is 0 Å². The molecule has 0 saturated carbocycles. The summed E-state index contributed by atoms with van der Waals surface area (Å²) in [5.41, 5.74) is 0. The van der Waals surface area contributed by atoms with Gasteiger partial charge < -0.3 is 43.4 Å². The van der Waals surface area contributed by atoms with E-state index in [4.69, 9.17) is 37.0 Å². The molecule has 0 saturated heterocycles. The van der Waals surface area contributed by atoms with E-state index in [1.165, 1.54) is 96.3 Å². The molecule has 0 radical (unpaired) electrons. The van der Waals surface area contributed by atoms with E-state index in [2.05, 4.69) is 105 Å². The average Bonchev–Trinajstić information content (AvgIpc) is 0.935. The predicted octanol–water partition coefficient (Wildman–Crippen LogP) is 22.9. The van der Waals surface area contributed by atoms with Crippen molar-refractivity contribution >= 4 is 40.2 Å². The van der Waals surface area contributed by atoms with Crippen molar-refractivity contribution in [1.29, 1.82) is 0 Å². The predicted molar refractivity (Wildman–Crippen MR) is 418 cm³/mol. The van der Waals surface area contributed by atoms with E-state index in [-0.39, 0.29) is 26.1 Å². The summed E-state index contributed by atoms with van der Waals surface area (Å²) in [5.74, 6) is -0.995. The van der Waals surface area contributed by atoms with Crippen molar-refractivity contribution in [3.63, 3.8) is 0 Å². The van der Waals surface area contributed by atoms with Crippen molar-refractivity contribution in [2.75, 3.05) is 52.9 Å². The third kappa shape index (κ3) is 77.4. The highest BCUT2D eigenvalue weighted by Gasteiger charge is 2.30. The Labute approximate surface area is 620 Å². The molecule has 102 heavy (non-hydrogen) atoms. The second kappa shape index (κ2) is 78.4. The summed E-state index contributed by atoms with van der Waals surface area (Å²) in [7, 11) is -9.74. The number of rotatable bonds is 80. The summed E-state index contributed by atoms with van der Waals surface area (Å²) in [4.78, 5) is 68.3. The summed E-state index contributed by atoms with van der Waals surface area (Å²) >= 11 is 0. The van der Waals surface area contributed by atoms with Crippen molar-refractivity contribution in [3.05, 3.63) is 97.2 Å². The Morgan fingerprint density at radius 1 is 0.304 bits per heavy atom. The normalized spacial score (nSPS) is 14.4. The molecule has 0 aliphatic rings. The number of phosphoric ester groups is 2. The molecule has 0 bridgehead atoms. The van der Waals surface area contributed by atoms with Crippen LogP contribution in [0.15, 0.2) is 97.2 Å². The summed E-state index contributed by atoms with van der Waals surface area (Å²) in [6.07, 6.45) is 83.5. The lowest BCUT2D eigenvalue weighted by Crippen LogP contribution is -2.29. The highest BCUT2D eigenvalue weighted by Crippen LogP contribution is 2.45. The van der Waals surface area contributed by atoms with Crippen LogP contribution in [0.2, 0.25) is 0 Å². The second-order valence-electron chi connectivity index (χ2n) is 26.9. The van der Waals surface area contributed by atoms with Crippen LogP contribution in [-0.2, 0) is 65.4 Å². The number of aldehydes is 2. The topological polar surface area (TPSA) is 237 Å². The van der Waals surface area contributed by atoms with E-state index in [0.29, 0.717) is 45.3 Å². The van der Waals surface area contributed by atoms with Gasteiger partial charge in [-0.2, -0.15) is 0 Å². The van der Waals surface area contributed by atoms with Gasteiger partial charge in [-0.05, 0) is 161 Å². The Morgan fingerprint density at radius 2 is 0.549 bits per heavy atom. The molecule has 0 amide bonds. The van der Waals surface area contributed by atoms with Gasteiger partial charge in [-0.1, -0.05) is 246 Å². The van der Waals surface area contributed by atoms with Gasteiger partial charge in [0.2, 0.25) is 0 Å². The molecule has 19 heteroatoms. The van der Waals surface area contributed by atoms with Crippen LogP contribution in [-0.4, -0.2) is 111 Å². The van der Waals surface area contributed by atoms with Crippen LogP contribution in [0.1, 0.15) is 335 Å². The van der Waals surface area contributed by atoms with E-state index >= 15 is 0 Å². The number of hydrogen-bond donors (Lipinski definition) is 3. The lowest BCUT2D eigenvalue weighted by atomic mass is 10.1. The third-order valence-electron chi connectivity index (χ3n) is 17.0. The van der Waals surface area contributed by atoms with Gasteiger partial charge in [0.25, 0.3) is 0 Å². The first kappa shape index (κ1) is 98.3. The highest BCUT2D eigenvalue weighted by molar-refractivity contribution is 7.47. The minimum absolute atomic E-state index is 0.0730. The summed E-state index contributed by atoms with van der Waals surface area (Å²) < 4.78 is 69.9. The number of aliphatic hydroxyl groups is 1. The zero-order valence-electron chi connectivity index (χ0n) is 64.1. The summed E-state index contributed by atoms with van der Waals surface area (Å²) in [6.45, 7) is 2.33. The molecule has 0 aliphatic carbocycles. The Kier molecular flexibility index (Phi) is 75.5. The van der Waals surface area contributed by atoms with Gasteiger partial charge in [0, 0.05) is 38.9 Å². The number of hydrogen-bond acceptors (Lipinski definition) is 15. The number of unbranched alkanes of at least 4 members (excludes halogenated alkanes) is 36. The first-order valence-corrected chi connectivity index (χ1v) is 43.4. The van der Waals surface area contributed by atoms with E-state index in [0.717, 1.165) is 192 Å². The zero-order chi connectivity index (χ0) is 74.3. The van der Waals surface area contributed by atoms with Gasteiger partial charge in [-0.15, -0.1) is 0 Å². The van der Waals surface area contributed by atoms with Crippen LogP contribution in [0.4, 0.5) is 0 Å². The Morgan fingerprint density at radius 3 is 0.873 bits per heavy atom. The van der Waals surface area contributed by atoms with Gasteiger partial charge in [-0.25, -0.2) is 9.13 Å². The van der Waals surface area contributed by atoms with Crippen molar-refractivity contribution in [2.45, 2.75) is 353 Å². The maximum absolute atomic E-state index is 13.1. The molecule has 0 aliphatic heterocycles. The molecule has 0 aromatic carbocycles. The fraction of sp³-hybridized carbons (Fsp3) is 0.759. The molecule has 5 atom stereocenters. The fourth-order valence-corrected chi connectivity index (χ4v) is 12.4. The lowest BCUT2D eigenvalue weighted by Gasteiger charge is -2.21. The molecule has 0 aromatic rings. The SMILES string of the molecule is CCCCC/C=C\C/C=C\C/C=C\C/C=C\CCCC(=O)O[C@H](COCCCCCCCCC/C=C\CCCCCCC=O)COP(=O)(O)OC[C@@H](O)COP(=O)(O)OC[C@@H](COCCCCCCCCC/C=C\CCCCCCC=O)OC(=O)CCCCCCC/C=C\C/C=C\CCCCC. The van der Waals surface area contributed by atoms with Crippen LogP contribution in [0.25, 0.3) is 0 Å². The summed E-state index contributed by atoms with van der Waals surface area (Å²) in [5, 5.41) is 10.7. The van der Waals surface area contributed by atoms with Crippen LogP contribution in [0, 0.1) is 0 Å². The highest BCUT2D eigenvalue weighted by atomic mass is 31.2. The molecule has 3 N–H and O–H groups in total. The Hall–Kier alpha value is -3.70. The molecule has 2 unspecified atom stereocenters. The van der Waals surface area contributed by atoms with Gasteiger partial charge in [-0.3, -0.25) is 27.7 Å². The zero-order valence-corrected chi connectivity index (χ0v) is 65.9. The van der Waals surface area contributed by atoms with Crippen molar-refractivity contribution in [2.24, 2.45) is 0 Å². The maximum atomic E-state index is 13.1. The van der Waals surface area contributed by atoms with Gasteiger partial charge in [0.1, 0.15) is 30.9 Å². The molecular weight excluding hydrogens is 1330 g/mol. The van der Waals surface area contributed by atoms with Gasteiger partial charge >= 0.3 is 27.6 Å². The lowest BCUT2D eigenvalue weighted by molar-refractivity contribution is -0.155. The largest absolute Gasteiger partial charge is 0.472 e. The third-order valence-corrected chi connectivity index (χ3v) is 18.9. The average molecular weight is 1480 g/mol.